The van der Waals surface area contributed by atoms with Crippen molar-refractivity contribution in [2.24, 2.45) is 0 Å². The van der Waals surface area contributed by atoms with E-state index in [0.717, 1.165) is 10.0 Å². The van der Waals surface area contributed by atoms with Crippen molar-refractivity contribution >= 4 is 44.8 Å². The molecule has 2 aromatic rings. The predicted molar refractivity (Wildman–Crippen MR) is 82.7 cm³/mol. The van der Waals surface area contributed by atoms with Crippen LogP contribution < -0.4 is 11.1 Å². The smallest absolute Gasteiger partial charge is 0.257 e. The van der Waals surface area contributed by atoms with Crippen LogP contribution in [-0.4, -0.2) is 5.91 Å². The van der Waals surface area contributed by atoms with Gasteiger partial charge in [-0.05, 0) is 52.7 Å². The third kappa shape index (κ3) is 3.08. The van der Waals surface area contributed by atoms with Gasteiger partial charge in [-0.1, -0.05) is 23.7 Å². The van der Waals surface area contributed by atoms with Gasteiger partial charge < -0.3 is 11.1 Å². The average molecular weight is 340 g/mol. The van der Waals surface area contributed by atoms with E-state index >= 15 is 0 Å². The number of para-hydroxylation sites is 1. The molecule has 3 nitrogen and oxygen atoms in total. The summed E-state index contributed by atoms with van der Waals surface area (Å²) in [5.74, 6) is -0.250. The van der Waals surface area contributed by atoms with Gasteiger partial charge in [-0.3, -0.25) is 4.79 Å². The summed E-state index contributed by atoms with van der Waals surface area (Å²) in [6.07, 6.45) is 0. The van der Waals surface area contributed by atoms with Crippen LogP contribution in [-0.2, 0) is 0 Å². The molecule has 0 unspecified atom stereocenters. The molecule has 0 heterocycles. The highest BCUT2D eigenvalue weighted by atomic mass is 79.9. The zero-order chi connectivity index (χ0) is 14.0. The van der Waals surface area contributed by atoms with Crippen LogP contribution in [0.2, 0.25) is 5.02 Å². The lowest BCUT2D eigenvalue weighted by molar-refractivity contribution is 0.102. The highest BCUT2D eigenvalue weighted by molar-refractivity contribution is 9.10. The number of nitrogens with one attached hydrogen (secondary N) is 1. The fourth-order valence-corrected chi connectivity index (χ4v) is 2.08. The predicted octanol–water partition coefficient (Wildman–Crippen LogP) is 4.25. The molecule has 0 atom stereocenters. The van der Waals surface area contributed by atoms with Gasteiger partial charge in [-0.15, -0.1) is 0 Å². The van der Waals surface area contributed by atoms with Crippen LogP contribution in [0, 0.1) is 6.92 Å². The molecule has 2 aromatic carbocycles. The van der Waals surface area contributed by atoms with Crippen LogP contribution in [0.25, 0.3) is 0 Å². The Balaban J connectivity index is 2.26. The molecule has 2 rings (SSSR count). The lowest BCUT2D eigenvalue weighted by atomic mass is 10.1. The first-order valence-corrected chi connectivity index (χ1v) is 6.77. The Morgan fingerprint density at radius 3 is 2.74 bits per heavy atom. The Morgan fingerprint density at radius 2 is 2.05 bits per heavy atom. The van der Waals surface area contributed by atoms with E-state index in [0.29, 0.717) is 22.0 Å². The highest BCUT2D eigenvalue weighted by Gasteiger charge is 2.11. The molecule has 0 aliphatic carbocycles. The van der Waals surface area contributed by atoms with Gasteiger partial charge in [-0.25, -0.2) is 0 Å². The lowest BCUT2D eigenvalue weighted by Gasteiger charge is -2.09. The van der Waals surface area contributed by atoms with E-state index in [9.17, 15) is 4.79 Å². The molecule has 0 fully saturated rings. The van der Waals surface area contributed by atoms with Gasteiger partial charge in [0.25, 0.3) is 5.91 Å². The van der Waals surface area contributed by atoms with Crippen molar-refractivity contribution in [1.29, 1.82) is 0 Å². The number of halogens is 2. The minimum absolute atomic E-state index is 0.250. The quantitative estimate of drug-likeness (QED) is 0.804. The maximum Gasteiger partial charge on any atom is 0.257 e. The Morgan fingerprint density at radius 1 is 1.32 bits per heavy atom. The number of amides is 1. The molecule has 3 N–H and O–H groups in total. The van der Waals surface area contributed by atoms with Crippen LogP contribution >= 0.6 is 27.5 Å². The molecule has 5 heteroatoms. The third-order valence-corrected chi connectivity index (χ3v) is 3.98. The standard InChI is InChI=1S/C14H12BrClN2O/c1-8-3-2-4-10(13(8)17)14(19)18-9-5-6-11(15)12(16)7-9/h2-7H,17H2,1H3,(H,18,19). The summed E-state index contributed by atoms with van der Waals surface area (Å²) >= 11 is 9.27. The topological polar surface area (TPSA) is 55.1 Å². The number of carbonyl (C=O) groups is 1. The number of benzene rings is 2. The fourth-order valence-electron chi connectivity index (χ4n) is 1.65. The highest BCUT2D eigenvalue weighted by Crippen LogP contribution is 2.26. The van der Waals surface area contributed by atoms with Crippen LogP contribution in [0.5, 0.6) is 0 Å². The molecule has 19 heavy (non-hydrogen) atoms. The summed E-state index contributed by atoms with van der Waals surface area (Å²) in [6, 6.07) is 10.6. The van der Waals surface area contributed by atoms with Crippen LogP contribution in [0.3, 0.4) is 0 Å². The van der Waals surface area contributed by atoms with E-state index < -0.39 is 0 Å². The molecule has 0 saturated heterocycles. The zero-order valence-electron chi connectivity index (χ0n) is 10.2. The molecular formula is C14H12BrClN2O. The Bertz CT molecular complexity index is 643. The molecule has 1 amide bonds. The molecule has 98 valence electrons. The Hall–Kier alpha value is -1.52. The molecule has 0 bridgehead atoms. The normalized spacial score (nSPS) is 10.3. The first-order chi connectivity index (χ1) is 8.99. The van der Waals surface area contributed by atoms with Gasteiger partial charge in [0, 0.05) is 15.8 Å². The summed E-state index contributed by atoms with van der Waals surface area (Å²) < 4.78 is 0.780. The van der Waals surface area contributed by atoms with Crippen molar-refractivity contribution in [3.63, 3.8) is 0 Å². The van der Waals surface area contributed by atoms with Gasteiger partial charge in [0.05, 0.1) is 10.6 Å². The van der Waals surface area contributed by atoms with Gasteiger partial charge in [0.15, 0.2) is 0 Å². The Kier molecular flexibility index (Phi) is 4.12. The van der Waals surface area contributed by atoms with E-state index in [1.807, 2.05) is 13.0 Å². The van der Waals surface area contributed by atoms with Crippen LogP contribution in [0.1, 0.15) is 15.9 Å². The van der Waals surface area contributed by atoms with Gasteiger partial charge in [0.2, 0.25) is 0 Å². The number of hydrogen-bond acceptors (Lipinski definition) is 2. The van der Waals surface area contributed by atoms with E-state index in [1.165, 1.54) is 0 Å². The molecule has 0 aliphatic heterocycles. The number of anilines is 2. The second-order valence-electron chi connectivity index (χ2n) is 4.12. The van der Waals surface area contributed by atoms with Gasteiger partial charge >= 0.3 is 0 Å². The number of carbonyl (C=O) groups excluding carboxylic acids is 1. The molecule has 0 radical (unpaired) electrons. The van der Waals surface area contributed by atoms with Gasteiger partial charge in [0.1, 0.15) is 0 Å². The van der Waals surface area contributed by atoms with Crippen molar-refractivity contribution in [2.75, 3.05) is 11.1 Å². The van der Waals surface area contributed by atoms with Crippen molar-refractivity contribution < 1.29 is 4.79 Å². The van der Waals surface area contributed by atoms with Crippen LogP contribution in [0.15, 0.2) is 40.9 Å². The monoisotopic (exact) mass is 338 g/mol. The molecule has 0 saturated carbocycles. The minimum Gasteiger partial charge on any atom is -0.398 e. The molecule has 0 aliphatic rings. The van der Waals surface area contributed by atoms with E-state index in [4.69, 9.17) is 17.3 Å². The second-order valence-corrected chi connectivity index (χ2v) is 5.38. The number of nitrogens with two attached hydrogens (primary N) is 1. The van der Waals surface area contributed by atoms with Crippen molar-refractivity contribution in [3.05, 3.63) is 57.0 Å². The minimum atomic E-state index is -0.250. The molecular weight excluding hydrogens is 328 g/mol. The van der Waals surface area contributed by atoms with Crippen LogP contribution in [0.4, 0.5) is 11.4 Å². The lowest BCUT2D eigenvalue weighted by Crippen LogP contribution is -2.14. The fraction of sp³-hybridized carbons (Fsp3) is 0.0714. The summed E-state index contributed by atoms with van der Waals surface area (Å²) in [5.41, 5.74) is 8.34. The summed E-state index contributed by atoms with van der Waals surface area (Å²) in [4.78, 5) is 12.1. The first kappa shape index (κ1) is 13.9. The number of nitrogen functional groups attached to an aromatic ring is 1. The summed E-state index contributed by atoms with van der Waals surface area (Å²) in [5, 5.41) is 3.31. The van der Waals surface area contributed by atoms with Gasteiger partial charge in [-0.2, -0.15) is 0 Å². The molecule has 0 spiro atoms. The van der Waals surface area contributed by atoms with Crippen molar-refractivity contribution in [1.82, 2.24) is 0 Å². The first-order valence-electron chi connectivity index (χ1n) is 5.60. The Labute approximate surface area is 124 Å². The summed E-state index contributed by atoms with van der Waals surface area (Å²) in [7, 11) is 0. The number of hydrogen-bond donors (Lipinski definition) is 2. The maximum absolute atomic E-state index is 12.1. The molecule has 0 aromatic heterocycles. The zero-order valence-corrected chi connectivity index (χ0v) is 12.5. The summed E-state index contributed by atoms with van der Waals surface area (Å²) in [6.45, 7) is 1.86. The van der Waals surface area contributed by atoms with Crippen molar-refractivity contribution in [3.8, 4) is 0 Å². The van der Waals surface area contributed by atoms with E-state index in [1.54, 1.807) is 30.3 Å². The number of aryl methyl sites for hydroxylation is 1. The second kappa shape index (κ2) is 5.63. The average Bonchev–Trinajstić information content (AvgIpc) is 2.37. The SMILES string of the molecule is Cc1cccc(C(=O)Nc2ccc(Br)c(Cl)c2)c1N. The number of rotatable bonds is 2. The van der Waals surface area contributed by atoms with E-state index in [-0.39, 0.29) is 5.91 Å². The van der Waals surface area contributed by atoms with Crippen molar-refractivity contribution in [2.45, 2.75) is 6.92 Å². The third-order valence-electron chi connectivity index (χ3n) is 2.75. The maximum atomic E-state index is 12.1. The van der Waals surface area contributed by atoms with E-state index in [2.05, 4.69) is 21.2 Å². The largest absolute Gasteiger partial charge is 0.398 e.